The highest BCUT2D eigenvalue weighted by atomic mass is 32.1. The molecule has 3 N–H and O–H groups in total. The molecule has 0 saturated heterocycles. The van der Waals surface area contributed by atoms with E-state index >= 15 is 0 Å². The molecule has 0 spiro atoms. The maximum absolute atomic E-state index is 12.2. The van der Waals surface area contributed by atoms with Crippen LogP contribution in [0.5, 0.6) is 0 Å². The molecule has 3 rings (SSSR count). The van der Waals surface area contributed by atoms with Gasteiger partial charge in [0.25, 0.3) is 0 Å². The van der Waals surface area contributed by atoms with Gasteiger partial charge in [0.2, 0.25) is 11.0 Å². The number of allylic oxidation sites excluding steroid dienone is 1. The predicted octanol–water partition coefficient (Wildman–Crippen LogP) is 1.99. The molecule has 1 heterocycles. The first-order chi connectivity index (χ1) is 11.6. The van der Waals surface area contributed by atoms with Gasteiger partial charge >= 0.3 is 0 Å². The summed E-state index contributed by atoms with van der Waals surface area (Å²) in [6, 6.07) is 9.78. The number of ketones is 1. The molecule has 0 aliphatic heterocycles. The minimum absolute atomic E-state index is 0.0703. The summed E-state index contributed by atoms with van der Waals surface area (Å²) in [5, 5.41) is 11.7. The number of Topliss-reactive ketones (excluding diaryl/α,β-unsaturated/α-hetero) is 1. The van der Waals surface area contributed by atoms with E-state index in [1.165, 1.54) is 11.3 Å². The fraction of sp³-hybridized carbons (Fsp3) is 0.294. The Bertz CT molecular complexity index is 783. The summed E-state index contributed by atoms with van der Waals surface area (Å²) in [5.41, 5.74) is 8.17. The van der Waals surface area contributed by atoms with E-state index in [0.717, 1.165) is 16.1 Å². The second-order valence-electron chi connectivity index (χ2n) is 5.56. The second-order valence-corrected chi connectivity index (χ2v) is 6.65. The summed E-state index contributed by atoms with van der Waals surface area (Å²) in [6.45, 7) is 0.454. The molecule has 0 fully saturated rings. The van der Waals surface area contributed by atoms with Crippen LogP contribution in [0.15, 0.2) is 35.9 Å². The first kappa shape index (κ1) is 16.3. The van der Waals surface area contributed by atoms with Gasteiger partial charge in [0.1, 0.15) is 5.01 Å². The summed E-state index contributed by atoms with van der Waals surface area (Å²) in [5.74, 6) is -0.0768. The highest BCUT2D eigenvalue weighted by Gasteiger charge is 2.25. The van der Waals surface area contributed by atoms with E-state index in [-0.39, 0.29) is 18.1 Å². The number of anilines is 1. The molecule has 1 amide bonds. The van der Waals surface area contributed by atoms with Crippen LogP contribution < -0.4 is 11.1 Å². The molecular weight excluding hydrogens is 324 g/mol. The molecule has 0 bridgehead atoms. The molecule has 0 unspecified atom stereocenters. The number of hydrogen-bond donors (Lipinski definition) is 2. The number of carbonyl (C=O) groups excluding carboxylic acids is 2. The lowest BCUT2D eigenvalue weighted by atomic mass is 10.00. The Balaban J connectivity index is 1.60. The van der Waals surface area contributed by atoms with Gasteiger partial charge in [-0.2, -0.15) is 0 Å². The molecule has 124 valence electrons. The summed E-state index contributed by atoms with van der Waals surface area (Å²) in [4.78, 5) is 24.3. The topological polar surface area (TPSA) is 98.0 Å². The van der Waals surface area contributed by atoms with E-state index in [4.69, 9.17) is 5.73 Å². The molecule has 0 saturated carbocycles. The first-order valence-electron chi connectivity index (χ1n) is 7.78. The number of rotatable bonds is 6. The van der Waals surface area contributed by atoms with Crippen LogP contribution in [-0.2, 0) is 16.0 Å². The minimum atomic E-state index is -0.147. The van der Waals surface area contributed by atoms with Crippen molar-refractivity contribution in [3.05, 3.63) is 46.5 Å². The van der Waals surface area contributed by atoms with E-state index in [9.17, 15) is 9.59 Å². The van der Waals surface area contributed by atoms with Gasteiger partial charge in [0.05, 0.1) is 6.42 Å². The lowest BCUT2D eigenvalue weighted by molar-refractivity contribution is -0.122. The molecule has 1 aromatic carbocycles. The summed E-state index contributed by atoms with van der Waals surface area (Å²) < 4.78 is 0. The zero-order valence-corrected chi connectivity index (χ0v) is 13.9. The number of nitrogen functional groups attached to an aromatic ring is 1. The normalized spacial score (nSPS) is 14.2. The van der Waals surface area contributed by atoms with Gasteiger partial charge in [-0.1, -0.05) is 41.7 Å². The molecule has 6 nitrogen and oxygen atoms in total. The van der Waals surface area contributed by atoms with Gasteiger partial charge in [-0.15, -0.1) is 10.2 Å². The van der Waals surface area contributed by atoms with Crippen LogP contribution in [0.2, 0.25) is 0 Å². The molecular formula is C17H18N4O2S. The van der Waals surface area contributed by atoms with E-state index in [2.05, 4.69) is 15.5 Å². The SMILES string of the molecule is Nc1nnc(CCNC(=O)CC2=C(c3ccccc3)CCC2=O)s1. The molecule has 1 aromatic heterocycles. The van der Waals surface area contributed by atoms with Crippen molar-refractivity contribution in [2.24, 2.45) is 0 Å². The first-order valence-corrected chi connectivity index (χ1v) is 8.60. The van der Waals surface area contributed by atoms with E-state index < -0.39 is 0 Å². The van der Waals surface area contributed by atoms with Crippen molar-refractivity contribution in [1.82, 2.24) is 15.5 Å². The van der Waals surface area contributed by atoms with Gasteiger partial charge in [-0.05, 0) is 17.6 Å². The van der Waals surface area contributed by atoms with Crippen molar-refractivity contribution >= 4 is 33.7 Å². The highest BCUT2D eigenvalue weighted by Crippen LogP contribution is 2.33. The maximum atomic E-state index is 12.2. The third-order valence-corrected chi connectivity index (χ3v) is 4.72. The van der Waals surface area contributed by atoms with Crippen molar-refractivity contribution in [3.8, 4) is 0 Å². The Kier molecular flexibility index (Phi) is 5.00. The zero-order chi connectivity index (χ0) is 16.9. The quantitative estimate of drug-likeness (QED) is 0.836. The fourth-order valence-electron chi connectivity index (χ4n) is 2.77. The smallest absolute Gasteiger partial charge is 0.224 e. The number of carbonyl (C=O) groups is 2. The van der Waals surface area contributed by atoms with Gasteiger partial charge < -0.3 is 11.1 Å². The Hall–Kier alpha value is -2.54. The number of nitrogens with zero attached hydrogens (tertiary/aromatic N) is 2. The summed E-state index contributed by atoms with van der Waals surface area (Å²) >= 11 is 1.31. The molecule has 1 aliphatic rings. The maximum Gasteiger partial charge on any atom is 0.224 e. The monoisotopic (exact) mass is 342 g/mol. The van der Waals surface area contributed by atoms with Crippen LogP contribution in [0.1, 0.15) is 29.8 Å². The van der Waals surface area contributed by atoms with Gasteiger partial charge in [-0.3, -0.25) is 9.59 Å². The number of nitrogens with two attached hydrogens (primary N) is 1. The number of amides is 1. The molecule has 1 aliphatic carbocycles. The lowest BCUT2D eigenvalue weighted by Crippen LogP contribution is -2.26. The van der Waals surface area contributed by atoms with Crippen molar-refractivity contribution < 1.29 is 9.59 Å². The van der Waals surface area contributed by atoms with E-state index in [1.807, 2.05) is 30.3 Å². The number of benzene rings is 1. The van der Waals surface area contributed by atoms with Crippen LogP contribution in [0.4, 0.5) is 5.13 Å². The van der Waals surface area contributed by atoms with Crippen LogP contribution in [-0.4, -0.2) is 28.4 Å². The van der Waals surface area contributed by atoms with Crippen molar-refractivity contribution in [2.75, 3.05) is 12.3 Å². The number of nitrogens with one attached hydrogen (secondary N) is 1. The predicted molar refractivity (Wildman–Crippen MR) is 93.3 cm³/mol. The third-order valence-electron chi connectivity index (χ3n) is 3.91. The molecule has 24 heavy (non-hydrogen) atoms. The molecule has 0 radical (unpaired) electrons. The Labute approximate surface area is 143 Å². The van der Waals surface area contributed by atoms with Crippen LogP contribution in [0.25, 0.3) is 5.57 Å². The standard InChI is InChI=1S/C17H18N4O2S/c18-17-21-20-16(24-17)8-9-19-15(23)10-13-12(6-7-14(13)22)11-4-2-1-3-5-11/h1-5H,6-10H2,(H2,18,21)(H,19,23). The third kappa shape index (κ3) is 3.86. The van der Waals surface area contributed by atoms with Gasteiger partial charge in [-0.25, -0.2) is 0 Å². The van der Waals surface area contributed by atoms with E-state index in [0.29, 0.717) is 36.5 Å². The second kappa shape index (κ2) is 7.35. The average molecular weight is 342 g/mol. The molecule has 2 aromatic rings. The average Bonchev–Trinajstić information content (AvgIpc) is 3.15. The minimum Gasteiger partial charge on any atom is -0.374 e. The molecule has 7 heteroatoms. The summed E-state index contributed by atoms with van der Waals surface area (Å²) in [7, 11) is 0. The van der Waals surface area contributed by atoms with Gasteiger partial charge in [0.15, 0.2) is 5.78 Å². The van der Waals surface area contributed by atoms with Crippen LogP contribution in [0, 0.1) is 0 Å². The van der Waals surface area contributed by atoms with Crippen molar-refractivity contribution in [1.29, 1.82) is 0 Å². The van der Waals surface area contributed by atoms with Crippen LogP contribution in [0.3, 0.4) is 0 Å². The zero-order valence-electron chi connectivity index (χ0n) is 13.1. The molecule has 0 atom stereocenters. The van der Waals surface area contributed by atoms with Gasteiger partial charge in [0, 0.05) is 25.0 Å². The summed E-state index contributed by atoms with van der Waals surface area (Å²) in [6.07, 6.45) is 1.90. The van der Waals surface area contributed by atoms with E-state index in [1.54, 1.807) is 0 Å². The fourth-order valence-corrected chi connectivity index (χ4v) is 3.38. The van der Waals surface area contributed by atoms with Crippen LogP contribution >= 0.6 is 11.3 Å². The Morgan fingerprint density at radius 1 is 1.21 bits per heavy atom. The Morgan fingerprint density at radius 3 is 2.71 bits per heavy atom. The number of aromatic nitrogens is 2. The van der Waals surface area contributed by atoms with Crippen molar-refractivity contribution in [2.45, 2.75) is 25.7 Å². The van der Waals surface area contributed by atoms with Crippen molar-refractivity contribution in [3.63, 3.8) is 0 Å². The number of hydrogen-bond acceptors (Lipinski definition) is 6. The Morgan fingerprint density at radius 2 is 2.00 bits per heavy atom. The highest BCUT2D eigenvalue weighted by molar-refractivity contribution is 7.15. The lowest BCUT2D eigenvalue weighted by Gasteiger charge is -2.08. The largest absolute Gasteiger partial charge is 0.374 e.